The molecule has 2 aromatic carbocycles. The maximum Gasteiger partial charge on any atom is 0.335 e. The second-order valence-electron chi connectivity index (χ2n) is 8.35. The summed E-state index contributed by atoms with van der Waals surface area (Å²) in [5.41, 5.74) is -1.68. The van der Waals surface area contributed by atoms with Crippen LogP contribution in [0.5, 0.6) is 0 Å². The van der Waals surface area contributed by atoms with Crippen molar-refractivity contribution in [3.05, 3.63) is 71.8 Å². The number of benzene rings is 2. The van der Waals surface area contributed by atoms with Gasteiger partial charge in [0.25, 0.3) is 0 Å². The summed E-state index contributed by atoms with van der Waals surface area (Å²) < 4.78 is 0. The Kier molecular flexibility index (Phi) is 11.2. The van der Waals surface area contributed by atoms with E-state index in [1.54, 1.807) is 74.5 Å². The van der Waals surface area contributed by atoms with Gasteiger partial charge in [-0.05, 0) is 56.4 Å². The third-order valence-corrected chi connectivity index (χ3v) is 5.57. The van der Waals surface area contributed by atoms with Crippen molar-refractivity contribution in [2.45, 2.75) is 65.6 Å². The molecular formula is C25H36O6. The molecule has 0 amide bonds. The quantitative estimate of drug-likeness (QED) is 0.504. The van der Waals surface area contributed by atoms with E-state index in [4.69, 9.17) is 10.2 Å². The summed E-state index contributed by atoms with van der Waals surface area (Å²) in [5.74, 6) is -1.76. The molecule has 6 nitrogen and oxygen atoms in total. The van der Waals surface area contributed by atoms with Crippen LogP contribution in [0.25, 0.3) is 0 Å². The lowest BCUT2D eigenvalue weighted by atomic mass is 9.64. The number of aromatic carboxylic acids is 2. The Hall–Kier alpha value is -2.70. The third-order valence-electron chi connectivity index (χ3n) is 5.57. The highest BCUT2D eigenvalue weighted by Gasteiger charge is 2.50. The van der Waals surface area contributed by atoms with E-state index in [9.17, 15) is 19.8 Å². The molecule has 172 valence electrons. The highest BCUT2D eigenvalue weighted by atomic mass is 16.4. The van der Waals surface area contributed by atoms with Gasteiger partial charge < -0.3 is 20.4 Å². The molecule has 0 heterocycles. The van der Waals surface area contributed by atoms with E-state index in [2.05, 4.69) is 0 Å². The summed E-state index contributed by atoms with van der Waals surface area (Å²) in [6.45, 7) is 11.3. The minimum atomic E-state index is -1.05. The van der Waals surface area contributed by atoms with Gasteiger partial charge >= 0.3 is 11.9 Å². The monoisotopic (exact) mass is 432 g/mol. The third kappa shape index (κ3) is 8.52. The Bertz CT molecular complexity index is 744. The molecule has 0 aliphatic heterocycles. The molecule has 0 fully saturated rings. The molecule has 31 heavy (non-hydrogen) atoms. The first kappa shape index (κ1) is 28.3. The predicted molar refractivity (Wildman–Crippen MR) is 122 cm³/mol. The van der Waals surface area contributed by atoms with Gasteiger partial charge in [0.1, 0.15) is 0 Å². The molecule has 0 radical (unpaired) electrons. The maximum absolute atomic E-state index is 10.4. The normalized spacial score (nSPS) is 12.9. The van der Waals surface area contributed by atoms with Crippen LogP contribution in [0.3, 0.4) is 0 Å². The van der Waals surface area contributed by atoms with Crippen LogP contribution in [0, 0.1) is 5.41 Å². The first-order valence-corrected chi connectivity index (χ1v) is 10.2. The number of hydrogen-bond donors (Lipinski definition) is 4. The molecule has 0 saturated heterocycles. The molecule has 0 spiro atoms. The molecule has 6 heteroatoms. The topological polar surface area (TPSA) is 115 Å². The zero-order valence-electron chi connectivity index (χ0n) is 19.3. The average molecular weight is 433 g/mol. The van der Waals surface area contributed by atoms with Gasteiger partial charge in [0.05, 0.1) is 22.3 Å². The van der Waals surface area contributed by atoms with E-state index in [0.717, 1.165) is 6.42 Å². The molecule has 2 rings (SSSR count). The summed E-state index contributed by atoms with van der Waals surface area (Å²) in [6.07, 6.45) is 1.42. The summed E-state index contributed by atoms with van der Waals surface area (Å²) in [7, 11) is 0. The number of aliphatic hydroxyl groups is 2. The fourth-order valence-electron chi connectivity index (χ4n) is 3.19. The van der Waals surface area contributed by atoms with Crippen molar-refractivity contribution in [1.29, 1.82) is 0 Å². The van der Waals surface area contributed by atoms with E-state index in [-0.39, 0.29) is 5.41 Å². The van der Waals surface area contributed by atoms with Gasteiger partial charge in [0.2, 0.25) is 0 Å². The Labute approximate surface area is 185 Å². The summed E-state index contributed by atoms with van der Waals surface area (Å²) in [6, 6.07) is 16.6. The van der Waals surface area contributed by atoms with Crippen molar-refractivity contribution in [3.63, 3.8) is 0 Å². The molecule has 0 aromatic heterocycles. The van der Waals surface area contributed by atoms with Crippen molar-refractivity contribution in [3.8, 4) is 0 Å². The molecule has 1 unspecified atom stereocenters. The lowest BCUT2D eigenvalue weighted by Gasteiger charge is -2.49. The van der Waals surface area contributed by atoms with E-state index in [1.807, 2.05) is 27.7 Å². The predicted octanol–water partition coefficient (Wildman–Crippen LogP) is 5.10. The van der Waals surface area contributed by atoms with Gasteiger partial charge in [0.15, 0.2) is 0 Å². The van der Waals surface area contributed by atoms with Gasteiger partial charge in [-0.15, -0.1) is 0 Å². The highest BCUT2D eigenvalue weighted by molar-refractivity contribution is 5.87. The van der Waals surface area contributed by atoms with E-state index in [0.29, 0.717) is 17.5 Å². The Morgan fingerprint density at radius 3 is 1.13 bits per heavy atom. The van der Waals surface area contributed by atoms with Crippen LogP contribution in [0.1, 0.15) is 75.1 Å². The molecule has 4 N–H and O–H groups in total. The van der Waals surface area contributed by atoms with Gasteiger partial charge in [-0.2, -0.15) is 0 Å². The summed E-state index contributed by atoms with van der Waals surface area (Å²) in [5, 5.41) is 37.2. The van der Waals surface area contributed by atoms with Crippen molar-refractivity contribution >= 4 is 11.9 Å². The first-order chi connectivity index (χ1) is 14.2. The van der Waals surface area contributed by atoms with Crippen molar-refractivity contribution in [1.82, 2.24) is 0 Å². The average Bonchev–Trinajstić information content (AvgIpc) is 2.74. The van der Waals surface area contributed by atoms with Gasteiger partial charge in [-0.3, -0.25) is 0 Å². The summed E-state index contributed by atoms with van der Waals surface area (Å²) >= 11 is 0. The minimum Gasteiger partial charge on any atom is -0.478 e. The van der Waals surface area contributed by atoms with Crippen LogP contribution < -0.4 is 0 Å². The first-order valence-electron chi connectivity index (χ1n) is 10.2. The lowest BCUT2D eigenvalue weighted by Crippen LogP contribution is -2.58. The number of carboxylic acid groups (broad SMARTS) is 2. The standard InChI is InChI=1S/C11H24O2.2C7H6O2/c1-7-9(3,4)11(13,8-2)10(5,6)12;2*8-7(9)6-4-2-1-3-5-6/h12-13H,7-8H2,1-6H3;2*1-5H,(H,8,9). The molecule has 0 saturated carbocycles. The summed E-state index contributed by atoms with van der Waals surface area (Å²) in [4.78, 5) is 20.4. The number of carboxylic acids is 2. The van der Waals surface area contributed by atoms with Gasteiger partial charge in [-0.1, -0.05) is 64.1 Å². The second-order valence-corrected chi connectivity index (χ2v) is 8.35. The van der Waals surface area contributed by atoms with E-state index >= 15 is 0 Å². The Morgan fingerprint density at radius 1 is 0.677 bits per heavy atom. The molecule has 0 aliphatic carbocycles. The zero-order chi connectivity index (χ0) is 24.3. The highest BCUT2D eigenvalue weighted by Crippen LogP contribution is 2.43. The molecule has 1 atom stereocenters. The van der Waals surface area contributed by atoms with Crippen molar-refractivity contribution in [2.24, 2.45) is 5.41 Å². The number of carbonyl (C=O) groups is 2. The number of rotatable bonds is 6. The zero-order valence-corrected chi connectivity index (χ0v) is 19.3. The largest absolute Gasteiger partial charge is 0.478 e. The maximum atomic E-state index is 10.4. The minimum absolute atomic E-state index is 0.264. The van der Waals surface area contributed by atoms with Crippen LogP contribution in [-0.2, 0) is 0 Å². The second kappa shape index (κ2) is 12.2. The van der Waals surface area contributed by atoms with Crippen LogP contribution >= 0.6 is 0 Å². The van der Waals surface area contributed by atoms with E-state index < -0.39 is 23.1 Å². The fourth-order valence-corrected chi connectivity index (χ4v) is 3.19. The van der Waals surface area contributed by atoms with Gasteiger partial charge in [0, 0.05) is 0 Å². The van der Waals surface area contributed by atoms with Crippen molar-refractivity contribution in [2.75, 3.05) is 0 Å². The Balaban J connectivity index is 0.000000445. The van der Waals surface area contributed by atoms with Crippen molar-refractivity contribution < 1.29 is 30.0 Å². The molecule has 0 aliphatic rings. The lowest BCUT2D eigenvalue weighted by molar-refractivity contribution is -0.194. The van der Waals surface area contributed by atoms with Crippen LogP contribution in [-0.4, -0.2) is 43.6 Å². The van der Waals surface area contributed by atoms with Gasteiger partial charge in [-0.25, -0.2) is 9.59 Å². The van der Waals surface area contributed by atoms with E-state index in [1.165, 1.54) is 0 Å². The molecule has 0 bridgehead atoms. The molecule has 2 aromatic rings. The number of hydrogen-bond acceptors (Lipinski definition) is 4. The van der Waals surface area contributed by atoms with Crippen LogP contribution in [0.2, 0.25) is 0 Å². The van der Waals surface area contributed by atoms with Crippen LogP contribution in [0.15, 0.2) is 60.7 Å². The van der Waals surface area contributed by atoms with Crippen LogP contribution in [0.4, 0.5) is 0 Å². The fraction of sp³-hybridized carbons (Fsp3) is 0.440. The Morgan fingerprint density at radius 2 is 1.00 bits per heavy atom. The smallest absolute Gasteiger partial charge is 0.335 e. The SMILES string of the molecule is CCC(C)(C)C(O)(CC)C(C)(C)O.O=C(O)c1ccccc1.O=C(O)c1ccccc1. The molecular weight excluding hydrogens is 396 g/mol.